The highest BCUT2D eigenvalue weighted by Crippen LogP contribution is 2.47. The zero-order chi connectivity index (χ0) is 13.9. The van der Waals surface area contributed by atoms with Crippen molar-refractivity contribution in [1.82, 2.24) is 0 Å². The standard InChI is InChI=1S/C16H18N2OS/c17-7-5-11-1-3-13-15(9-11)20-16-10-12(6-8-18)2-4-14(16)19-13/h1-4,9-10H,5-8,17-18H2. The van der Waals surface area contributed by atoms with E-state index in [0.29, 0.717) is 13.1 Å². The van der Waals surface area contributed by atoms with Crippen molar-refractivity contribution in [3.63, 3.8) is 0 Å². The van der Waals surface area contributed by atoms with Crippen molar-refractivity contribution < 1.29 is 4.74 Å². The predicted molar refractivity (Wildman–Crippen MR) is 82.6 cm³/mol. The van der Waals surface area contributed by atoms with Crippen LogP contribution in [0.1, 0.15) is 11.1 Å². The Kier molecular flexibility index (Phi) is 3.96. The molecular formula is C16H18N2OS. The van der Waals surface area contributed by atoms with Gasteiger partial charge in [-0.2, -0.15) is 0 Å². The Morgan fingerprint density at radius 1 is 0.800 bits per heavy atom. The second-order valence-electron chi connectivity index (χ2n) is 4.84. The monoisotopic (exact) mass is 286 g/mol. The molecule has 0 spiro atoms. The van der Waals surface area contributed by atoms with Crippen LogP contribution in [0, 0.1) is 0 Å². The van der Waals surface area contributed by atoms with Crippen LogP contribution in [0.2, 0.25) is 0 Å². The molecule has 4 N–H and O–H groups in total. The van der Waals surface area contributed by atoms with Crippen LogP contribution in [-0.2, 0) is 12.8 Å². The lowest BCUT2D eigenvalue weighted by Gasteiger charge is -2.20. The van der Waals surface area contributed by atoms with Crippen LogP contribution in [-0.4, -0.2) is 13.1 Å². The van der Waals surface area contributed by atoms with Gasteiger partial charge in [0.25, 0.3) is 0 Å². The Morgan fingerprint density at radius 2 is 1.30 bits per heavy atom. The van der Waals surface area contributed by atoms with Crippen LogP contribution in [0.4, 0.5) is 0 Å². The maximum Gasteiger partial charge on any atom is 0.141 e. The largest absolute Gasteiger partial charge is 0.455 e. The molecule has 0 saturated carbocycles. The summed E-state index contributed by atoms with van der Waals surface area (Å²) < 4.78 is 5.96. The minimum atomic E-state index is 0.668. The second kappa shape index (κ2) is 5.87. The third kappa shape index (κ3) is 2.68. The molecule has 0 amide bonds. The molecule has 2 aromatic carbocycles. The zero-order valence-electron chi connectivity index (χ0n) is 11.3. The van der Waals surface area contributed by atoms with Gasteiger partial charge in [-0.1, -0.05) is 23.9 Å². The van der Waals surface area contributed by atoms with Gasteiger partial charge in [0.2, 0.25) is 0 Å². The Labute approximate surface area is 123 Å². The first kappa shape index (κ1) is 13.5. The van der Waals surface area contributed by atoms with E-state index in [-0.39, 0.29) is 0 Å². The molecule has 0 unspecified atom stereocenters. The molecule has 1 aliphatic heterocycles. The molecule has 0 fully saturated rings. The average molecular weight is 286 g/mol. The maximum absolute atomic E-state index is 5.96. The highest BCUT2D eigenvalue weighted by Gasteiger charge is 2.18. The van der Waals surface area contributed by atoms with Gasteiger partial charge in [0.15, 0.2) is 0 Å². The minimum Gasteiger partial charge on any atom is -0.455 e. The van der Waals surface area contributed by atoms with Gasteiger partial charge in [0.1, 0.15) is 11.5 Å². The van der Waals surface area contributed by atoms with E-state index in [2.05, 4.69) is 24.3 Å². The van der Waals surface area contributed by atoms with Crippen LogP contribution >= 0.6 is 11.8 Å². The fourth-order valence-corrected chi connectivity index (χ4v) is 3.39. The van der Waals surface area contributed by atoms with E-state index in [4.69, 9.17) is 16.2 Å². The van der Waals surface area contributed by atoms with Crippen LogP contribution < -0.4 is 16.2 Å². The summed E-state index contributed by atoms with van der Waals surface area (Å²) in [4.78, 5) is 2.32. The van der Waals surface area contributed by atoms with E-state index in [1.54, 1.807) is 11.8 Å². The first-order chi connectivity index (χ1) is 9.80. The van der Waals surface area contributed by atoms with Crippen molar-refractivity contribution in [2.45, 2.75) is 22.6 Å². The summed E-state index contributed by atoms with van der Waals surface area (Å²) in [5.41, 5.74) is 13.7. The molecule has 3 rings (SSSR count). The molecule has 104 valence electrons. The van der Waals surface area contributed by atoms with Gasteiger partial charge in [0.05, 0.1) is 9.79 Å². The van der Waals surface area contributed by atoms with Crippen molar-refractivity contribution in [3.8, 4) is 11.5 Å². The summed E-state index contributed by atoms with van der Waals surface area (Å²) in [5.74, 6) is 1.85. The van der Waals surface area contributed by atoms with Gasteiger partial charge in [-0.15, -0.1) is 0 Å². The van der Waals surface area contributed by atoms with E-state index in [1.807, 2.05) is 12.1 Å². The van der Waals surface area contributed by atoms with Gasteiger partial charge in [0, 0.05) is 0 Å². The molecule has 0 radical (unpaired) electrons. The fraction of sp³-hybridized carbons (Fsp3) is 0.250. The molecule has 2 aromatic rings. The van der Waals surface area contributed by atoms with Gasteiger partial charge in [-0.05, 0) is 61.3 Å². The van der Waals surface area contributed by atoms with Crippen molar-refractivity contribution >= 4 is 11.8 Å². The molecule has 0 atom stereocenters. The second-order valence-corrected chi connectivity index (χ2v) is 5.93. The lowest BCUT2D eigenvalue weighted by atomic mass is 10.1. The molecule has 20 heavy (non-hydrogen) atoms. The fourth-order valence-electron chi connectivity index (χ4n) is 2.31. The lowest BCUT2D eigenvalue weighted by Crippen LogP contribution is -2.04. The number of rotatable bonds is 4. The average Bonchev–Trinajstić information content (AvgIpc) is 2.46. The third-order valence-corrected chi connectivity index (χ3v) is 4.40. The normalized spacial score (nSPS) is 12.5. The Balaban J connectivity index is 1.90. The number of benzene rings is 2. The number of nitrogens with two attached hydrogens (primary N) is 2. The molecular weight excluding hydrogens is 268 g/mol. The maximum atomic E-state index is 5.96. The third-order valence-electron chi connectivity index (χ3n) is 3.32. The molecule has 0 aliphatic carbocycles. The number of hydrogen-bond donors (Lipinski definition) is 2. The highest BCUT2D eigenvalue weighted by atomic mass is 32.2. The molecule has 4 heteroatoms. The Hall–Kier alpha value is -1.49. The van der Waals surface area contributed by atoms with E-state index in [1.165, 1.54) is 11.1 Å². The first-order valence-corrected chi connectivity index (χ1v) is 7.63. The summed E-state index contributed by atoms with van der Waals surface area (Å²) in [6, 6.07) is 12.6. The molecule has 3 nitrogen and oxygen atoms in total. The Morgan fingerprint density at radius 3 is 1.75 bits per heavy atom. The minimum absolute atomic E-state index is 0.668. The van der Waals surface area contributed by atoms with E-state index in [0.717, 1.165) is 34.1 Å². The van der Waals surface area contributed by atoms with Gasteiger partial charge < -0.3 is 16.2 Å². The van der Waals surface area contributed by atoms with Crippen molar-refractivity contribution in [2.75, 3.05) is 13.1 Å². The molecule has 0 aromatic heterocycles. The summed E-state index contributed by atoms with van der Waals surface area (Å²) in [7, 11) is 0. The Bertz CT molecular complexity index is 574. The zero-order valence-corrected chi connectivity index (χ0v) is 12.1. The highest BCUT2D eigenvalue weighted by molar-refractivity contribution is 7.99. The number of ether oxygens (including phenoxy) is 1. The van der Waals surface area contributed by atoms with Crippen LogP contribution in [0.15, 0.2) is 46.2 Å². The van der Waals surface area contributed by atoms with Gasteiger partial charge >= 0.3 is 0 Å². The van der Waals surface area contributed by atoms with Gasteiger partial charge in [-0.3, -0.25) is 0 Å². The lowest BCUT2D eigenvalue weighted by molar-refractivity contribution is 0.454. The van der Waals surface area contributed by atoms with Crippen molar-refractivity contribution in [3.05, 3.63) is 47.5 Å². The smallest absolute Gasteiger partial charge is 0.141 e. The van der Waals surface area contributed by atoms with Crippen LogP contribution in [0.3, 0.4) is 0 Å². The van der Waals surface area contributed by atoms with E-state index >= 15 is 0 Å². The predicted octanol–water partition coefficient (Wildman–Crippen LogP) is 2.95. The van der Waals surface area contributed by atoms with E-state index in [9.17, 15) is 0 Å². The molecule has 0 saturated heterocycles. The summed E-state index contributed by atoms with van der Waals surface area (Å²) in [5, 5.41) is 0. The summed E-state index contributed by atoms with van der Waals surface area (Å²) in [6.07, 6.45) is 1.79. The summed E-state index contributed by atoms with van der Waals surface area (Å²) >= 11 is 1.76. The van der Waals surface area contributed by atoms with Crippen LogP contribution in [0.5, 0.6) is 11.5 Å². The van der Waals surface area contributed by atoms with Crippen molar-refractivity contribution in [1.29, 1.82) is 0 Å². The molecule has 1 heterocycles. The SMILES string of the molecule is NCCc1ccc2c(c1)Sc1cc(CCN)ccc1O2. The van der Waals surface area contributed by atoms with Crippen molar-refractivity contribution in [2.24, 2.45) is 11.5 Å². The van der Waals surface area contributed by atoms with Gasteiger partial charge in [-0.25, -0.2) is 0 Å². The molecule has 0 bridgehead atoms. The number of fused-ring (bicyclic) bond motifs is 2. The quantitative estimate of drug-likeness (QED) is 0.774. The first-order valence-electron chi connectivity index (χ1n) is 6.82. The topological polar surface area (TPSA) is 61.3 Å². The van der Waals surface area contributed by atoms with Crippen LogP contribution in [0.25, 0.3) is 0 Å². The number of hydrogen-bond acceptors (Lipinski definition) is 4. The van der Waals surface area contributed by atoms with E-state index < -0.39 is 0 Å². The summed E-state index contributed by atoms with van der Waals surface area (Å²) in [6.45, 7) is 1.34. The molecule has 1 aliphatic rings.